The molecule has 0 aliphatic rings. The number of nitrogens with two attached hydrogens (primary N) is 1. The van der Waals surface area contributed by atoms with Crippen molar-refractivity contribution in [1.82, 2.24) is 5.32 Å². The Morgan fingerprint density at radius 2 is 1.82 bits per heavy atom. The summed E-state index contributed by atoms with van der Waals surface area (Å²) in [4.78, 5) is 26.3. The lowest BCUT2D eigenvalue weighted by Crippen LogP contribution is -2.46. The highest BCUT2D eigenvalue weighted by atomic mass is 16.5. The predicted molar refractivity (Wildman–Crippen MR) is 136 cm³/mol. The Morgan fingerprint density at radius 3 is 2.41 bits per heavy atom. The van der Waals surface area contributed by atoms with Crippen LogP contribution < -0.4 is 21.3 Å². The molecule has 2 rings (SSSR count). The third-order valence-electron chi connectivity index (χ3n) is 4.88. The maximum Gasteiger partial charge on any atom is 0.326 e. The van der Waals surface area contributed by atoms with E-state index in [2.05, 4.69) is 22.5 Å². The van der Waals surface area contributed by atoms with Crippen molar-refractivity contribution < 1.29 is 14.3 Å². The average Bonchev–Trinajstić information content (AvgIpc) is 2.77. The summed E-state index contributed by atoms with van der Waals surface area (Å²) in [7, 11) is 0. The van der Waals surface area contributed by atoms with Crippen molar-refractivity contribution in [2.75, 3.05) is 29.9 Å². The van der Waals surface area contributed by atoms with Gasteiger partial charge in [0.05, 0.1) is 13.2 Å². The number of nitrogens with zero attached hydrogens (tertiary/aromatic N) is 1. The Morgan fingerprint density at radius 1 is 1.15 bits per heavy atom. The first-order chi connectivity index (χ1) is 16.1. The first kappa shape index (κ1) is 26.3. The summed E-state index contributed by atoms with van der Waals surface area (Å²) in [6.45, 7) is 9.77. The van der Waals surface area contributed by atoms with Crippen LogP contribution in [0.2, 0.25) is 0 Å². The van der Waals surface area contributed by atoms with E-state index in [-0.39, 0.29) is 31.1 Å². The summed E-state index contributed by atoms with van der Waals surface area (Å²) >= 11 is 0. The van der Waals surface area contributed by atoms with E-state index in [1.54, 1.807) is 19.1 Å². The molecule has 8 heteroatoms. The lowest BCUT2D eigenvalue weighted by molar-refractivity contribution is -0.141. The van der Waals surface area contributed by atoms with E-state index >= 15 is 0 Å². The highest BCUT2D eigenvalue weighted by molar-refractivity contribution is 5.97. The molecule has 0 unspecified atom stereocenters. The molecule has 2 aromatic rings. The Kier molecular flexibility index (Phi) is 9.50. The van der Waals surface area contributed by atoms with E-state index in [9.17, 15) is 9.59 Å². The van der Waals surface area contributed by atoms with Crippen molar-refractivity contribution in [2.24, 2.45) is 5.73 Å². The van der Waals surface area contributed by atoms with Gasteiger partial charge in [0, 0.05) is 28.5 Å². The third kappa shape index (κ3) is 7.55. The SMILES string of the molecule is CCOC(=O)CN(C(=O)NC(C)C)c1cc(C)c(C#CCNc2ccc(C(=N)N)cc2)cc1C. The number of benzene rings is 2. The fourth-order valence-electron chi connectivity index (χ4n) is 3.21. The number of esters is 1. The van der Waals surface area contributed by atoms with E-state index in [1.165, 1.54) is 4.90 Å². The molecule has 0 atom stereocenters. The van der Waals surface area contributed by atoms with Crippen molar-refractivity contribution >= 4 is 29.2 Å². The zero-order valence-corrected chi connectivity index (χ0v) is 20.4. The van der Waals surface area contributed by atoms with Crippen molar-refractivity contribution in [1.29, 1.82) is 5.41 Å². The van der Waals surface area contributed by atoms with Crippen molar-refractivity contribution in [3.8, 4) is 11.8 Å². The fourth-order valence-corrected chi connectivity index (χ4v) is 3.21. The first-order valence-electron chi connectivity index (χ1n) is 11.1. The standard InChI is InChI=1S/C26H33N5O3/c1-6-34-24(32)16-31(26(33)30-17(2)3)23-15-18(4)21(14-19(23)5)8-7-13-29-22-11-9-20(10-12-22)25(27)28/h9-12,14-15,17,29H,6,13,16H2,1-5H3,(H3,27,28)(H,30,33). The fraction of sp³-hybridized carbons (Fsp3) is 0.346. The first-order valence-corrected chi connectivity index (χ1v) is 11.1. The summed E-state index contributed by atoms with van der Waals surface area (Å²) in [5.74, 6) is 5.83. The highest BCUT2D eigenvalue weighted by Crippen LogP contribution is 2.25. The molecule has 0 saturated carbocycles. The highest BCUT2D eigenvalue weighted by Gasteiger charge is 2.22. The van der Waals surface area contributed by atoms with Crippen LogP contribution in [0.1, 0.15) is 43.0 Å². The molecule has 8 nitrogen and oxygen atoms in total. The van der Waals surface area contributed by atoms with Crippen molar-refractivity contribution in [2.45, 2.75) is 40.7 Å². The van der Waals surface area contributed by atoms with E-state index in [1.807, 2.05) is 52.0 Å². The molecule has 0 heterocycles. The molecular weight excluding hydrogens is 430 g/mol. The second-order valence-electron chi connectivity index (χ2n) is 8.10. The van der Waals surface area contributed by atoms with Crippen LogP contribution in [0.15, 0.2) is 36.4 Å². The van der Waals surface area contributed by atoms with Crippen LogP contribution in [0, 0.1) is 31.1 Å². The molecule has 0 aliphatic heterocycles. The number of amides is 2. The third-order valence-corrected chi connectivity index (χ3v) is 4.88. The number of nitrogens with one attached hydrogen (secondary N) is 3. The van der Waals surface area contributed by atoms with Crippen LogP contribution in [0.5, 0.6) is 0 Å². The molecule has 34 heavy (non-hydrogen) atoms. The van der Waals surface area contributed by atoms with Gasteiger partial charge in [-0.1, -0.05) is 11.8 Å². The van der Waals surface area contributed by atoms with Crippen LogP contribution in [0.3, 0.4) is 0 Å². The molecule has 0 fully saturated rings. The van der Waals surface area contributed by atoms with Crippen molar-refractivity contribution in [3.05, 3.63) is 58.7 Å². The molecular formula is C26H33N5O3. The molecule has 0 radical (unpaired) electrons. The van der Waals surface area contributed by atoms with Crippen LogP contribution in [-0.2, 0) is 9.53 Å². The lowest BCUT2D eigenvalue weighted by Gasteiger charge is -2.25. The smallest absolute Gasteiger partial charge is 0.326 e. The number of hydrogen-bond donors (Lipinski definition) is 4. The molecule has 0 aromatic heterocycles. The van der Waals surface area contributed by atoms with Gasteiger partial charge in [0.25, 0.3) is 0 Å². The van der Waals surface area contributed by atoms with Gasteiger partial charge in [-0.15, -0.1) is 0 Å². The number of anilines is 2. The number of carbonyl (C=O) groups is 2. The summed E-state index contributed by atoms with van der Waals surface area (Å²) in [6, 6.07) is 10.6. The van der Waals surface area contributed by atoms with Gasteiger partial charge >= 0.3 is 12.0 Å². The largest absolute Gasteiger partial charge is 0.465 e. The number of hydrogen-bond acceptors (Lipinski definition) is 5. The van der Waals surface area contributed by atoms with Gasteiger partial charge in [0.1, 0.15) is 12.4 Å². The number of carbonyl (C=O) groups excluding carboxylic acids is 2. The van der Waals surface area contributed by atoms with Gasteiger partial charge in [0.15, 0.2) is 0 Å². The summed E-state index contributed by atoms with van der Waals surface area (Å²) < 4.78 is 5.06. The van der Waals surface area contributed by atoms with E-state index in [0.717, 1.165) is 22.4 Å². The normalized spacial score (nSPS) is 10.2. The molecule has 0 bridgehead atoms. The number of ether oxygens (including phenoxy) is 1. The monoisotopic (exact) mass is 463 g/mol. The second-order valence-corrected chi connectivity index (χ2v) is 8.10. The molecule has 0 spiro atoms. The average molecular weight is 464 g/mol. The van der Waals surface area contributed by atoms with Gasteiger partial charge < -0.3 is 21.1 Å². The number of rotatable bonds is 8. The molecule has 2 aromatic carbocycles. The molecule has 0 aliphatic carbocycles. The van der Waals surface area contributed by atoms with Gasteiger partial charge in [0.2, 0.25) is 0 Å². The van der Waals surface area contributed by atoms with E-state index in [4.69, 9.17) is 15.9 Å². The zero-order valence-electron chi connectivity index (χ0n) is 20.4. The Balaban J connectivity index is 2.18. The molecule has 0 saturated heterocycles. The predicted octanol–water partition coefficient (Wildman–Crippen LogP) is 3.54. The van der Waals surface area contributed by atoms with Gasteiger partial charge in [-0.05, 0) is 82.1 Å². The van der Waals surface area contributed by atoms with Crippen molar-refractivity contribution in [3.63, 3.8) is 0 Å². The summed E-state index contributed by atoms with van der Waals surface area (Å²) in [5.41, 5.74) is 10.2. The van der Waals surface area contributed by atoms with Crippen LogP contribution in [0.4, 0.5) is 16.2 Å². The molecule has 2 amide bonds. The summed E-state index contributed by atoms with van der Waals surface area (Å²) in [6.07, 6.45) is 0. The minimum absolute atomic E-state index is 0.0307. The maximum absolute atomic E-state index is 12.8. The maximum atomic E-state index is 12.8. The van der Waals surface area contributed by atoms with Gasteiger partial charge in [-0.3, -0.25) is 15.1 Å². The number of nitrogen functional groups attached to an aromatic ring is 1. The van der Waals surface area contributed by atoms with Gasteiger partial charge in [-0.2, -0.15) is 0 Å². The van der Waals surface area contributed by atoms with Crippen LogP contribution >= 0.6 is 0 Å². The zero-order chi connectivity index (χ0) is 25.3. The summed E-state index contributed by atoms with van der Waals surface area (Å²) in [5, 5.41) is 13.5. The Bertz CT molecular complexity index is 1100. The quantitative estimate of drug-likeness (QED) is 0.207. The minimum Gasteiger partial charge on any atom is -0.465 e. The van der Waals surface area contributed by atoms with E-state index in [0.29, 0.717) is 17.8 Å². The topological polar surface area (TPSA) is 121 Å². The Labute approximate surface area is 201 Å². The van der Waals surface area contributed by atoms with Crippen LogP contribution in [-0.4, -0.2) is 43.6 Å². The number of urea groups is 1. The van der Waals surface area contributed by atoms with E-state index < -0.39 is 5.97 Å². The molecule has 5 N–H and O–H groups in total. The minimum atomic E-state index is -0.468. The number of amidine groups is 1. The Hall–Kier alpha value is -3.99. The molecule has 180 valence electrons. The van der Waals surface area contributed by atoms with Gasteiger partial charge in [-0.25, -0.2) is 4.79 Å². The number of aryl methyl sites for hydroxylation is 2. The van der Waals surface area contributed by atoms with Crippen LogP contribution in [0.25, 0.3) is 0 Å². The lowest BCUT2D eigenvalue weighted by atomic mass is 10.0. The second kappa shape index (κ2) is 12.3.